The topological polar surface area (TPSA) is 113 Å². The molecule has 1 rings (SSSR count). The molecule has 0 radical (unpaired) electrons. The summed E-state index contributed by atoms with van der Waals surface area (Å²) in [4.78, 5) is 23.2. The van der Waals surface area contributed by atoms with Gasteiger partial charge < -0.3 is 26.3 Å². The third kappa shape index (κ3) is 5.46. The predicted octanol–water partition coefficient (Wildman–Crippen LogP) is -1.75. The highest BCUT2D eigenvalue weighted by molar-refractivity contribution is 5.94. The van der Waals surface area contributed by atoms with Gasteiger partial charge in [0.25, 0.3) is 0 Å². The molecule has 0 spiro atoms. The monoisotopic (exact) mass is 308 g/mol. The van der Waals surface area contributed by atoms with E-state index in [0.717, 1.165) is 35.3 Å². The van der Waals surface area contributed by atoms with Crippen molar-refractivity contribution in [2.24, 2.45) is 0 Å². The van der Waals surface area contributed by atoms with Crippen LogP contribution in [0.2, 0.25) is 0 Å². The Morgan fingerprint density at radius 3 is 2.36 bits per heavy atom. The van der Waals surface area contributed by atoms with E-state index in [-0.39, 0.29) is 12.3 Å². The van der Waals surface area contributed by atoms with Crippen LogP contribution in [0.15, 0.2) is 12.1 Å². The quantitative estimate of drug-likeness (QED) is 0.495. The molecule has 0 aliphatic rings. The van der Waals surface area contributed by atoms with Crippen LogP contribution >= 0.6 is 0 Å². The van der Waals surface area contributed by atoms with Gasteiger partial charge in [0.05, 0.1) is 25.5 Å². The number of anilines is 1. The molecule has 6 nitrogen and oxygen atoms in total. The van der Waals surface area contributed by atoms with E-state index in [1.165, 1.54) is 0 Å². The molecule has 6 heteroatoms. The molecule has 0 unspecified atom stereocenters. The van der Waals surface area contributed by atoms with Crippen LogP contribution in [0, 0.1) is 20.8 Å². The van der Waals surface area contributed by atoms with Crippen LogP contribution < -0.4 is 21.5 Å². The van der Waals surface area contributed by atoms with Crippen molar-refractivity contribution in [1.29, 1.82) is 0 Å². The van der Waals surface area contributed by atoms with Gasteiger partial charge in [0.1, 0.15) is 6.04 Å². The minimum Gasteiger partial charge on any atom is -0.544 e. The Hall–Kier alpha value is -1.92. The fourth-order valence-electron chi connectivity index (χ4n) is 2.49. The number of quaternary nitrogens is 2. The molecule has 1 atom stereocenters. The van der Waals surface area contributed by atoms with Gasteiger partial charge >= 0.3 is 0 Å². The van der Waals surface area contributed by atoms with E-state index in [1.54, 1.807) is 5.32 Å². The highest BCUT2D eigenvalue weighted by Gasteiger charge is 2.19. The van der Waals surface area contributed by atoms with Gasteiger partial charge in [-0.3, -0.25) is 4.79 Å². The Labute approximate surface area is 131 Å². The number of carbonyl (C=O) groups is 2. The summed E-state index contributed by atoms with van der Waals surface area (Å²) in [7, 11) is 0. The molecular weight excluding hydrogens is 282 g/mol. The lowest BCUT2D eigenvalue weighted by atomic mass is 10.0. The number of amides is 1. The van der Waals surface area contributed by atoms with Crippen molar-refractivity contribution in [3.8, 4) is 0 Å². The predicted molar refractivity (Wildman–Crippen MR) is 81.9 cm³/mol. The van der Waals surface area contributed by atoms with Crippen molar-refractivity contribution in [3.05, 3.63) is 28.8 Å². The van der Waals surface area contributed by atoms with Gasteiger partial charge in [-0.1, -0.05) is 17.7 Å². The van der Waals surface area contributed by atoms with E-state index in [9.17, 15) is 14.7 Å². The maximum Gasteiger partial charge on any atom is 0.230 e. The number of hydrogen-bond acceptors (Lipinski definition) is 3. The van der Waals surface area contributed by atoms with E-state index in [4.69, 9.17) is 0 Å². The number of nitrogens with one attached hydrogen (secondary N) is 1. The van der Waals surface area contributed by atoms with E-state index in [1.807, 2.05) is 32.9 Å². The van der Waals surface area contributed by atoms with E-state index >= 15 is 0 Å². The Balaban J connectivity index is 2.70. The van der Waals surface area contributed by atoms with Crippen LogP contribution in [0.4, 0.5) is 5.69 Å². The van der Waals surface area contributed by atoms with E-state index < -0.39 is 12.0 Å². The SMILES string of the molecule is Cc1cc(C)c(NC(=O)C[C@@H]([NH2+]CCC[NH3+])C(=O)[O-])c(C)c1. The van der Waals surface area contributed by atoms with Crippen LogP contribution in [-0.2, 0) is 9.59 Å². The standard InChI is InChI=1S/C16H25N3O3/c1-10-7-11(2)15(12(3)8-10)19-14(20)9-13(16(21)22)18-6-4-5-17/h7-8,13,18H,4-6,9,17H2,1-3H3,(H,19,20)(H,21,22)/p+1/t13-/m1/s1. The average Bonchev–Trinajstić information content (AvgIpc) is 2.41. The molecule has 22 heavy (non-hydrogen) atoms. The summed E-state index contributed by atoms with van der Waals surface area (Å²) in [5.74, 6) is -1.52. The molecule has 122 valence electrons. The maximum absolute atomic E-state index is 12.1. The Morgan fingerprint density at radius 1 is 1.27 bits per heavy atom. The van der Waals surface area contributed by atoms with Crippen LogP contribution in [0.1, 0.15) is 29.5 Å². The van der Waals surface area contributed by atoms with Crippen molar-refractivity contribution in [1.82, 2.24) is 0 Å². The first-order valence-corrected chi connectivity index (χ1v) is 7.56. The van der Waals surface area contributed by atoms with Crippen molar-refractivity contribution in [2.75, 3.05) is 18.4 Å². The normalized spacial score (nSPS) is 12.0. The first-order valence-electron chi connectivity index (χ1n) is 7.56. The number of carboxylic acid groups (broad SMARTS) is 1. The zero-order chi connectivity index (χ0) is 16.7. The number of carboxylic acids is 1. The van der Waals surface area contributed by atoms with Crippen molar-refractivity contribution in [2.45, 2.75) is 39.7 Å². The lowest BCUT2D eigenvalue weighted by Gasteiger charge is -2.17. The maximum atomic E-state index is 12.1. The molecule has 6 N–H and O–H groups in total. The largest absolute Gasteiger partial charge is 0.544 e. The lowest BCUT2D eigenvalue weighted by Crippen LogP contribution is -2.93. The van der Waals surface area contributed by atoms with Crippen molar-refractivity contribution < 1.29 is 25.7 Å². The molecule has 0 fully saturated rings. The molecular formula is C16H26N3O3+. The summed E-state index contributed by atoms with van der Waals surface area (Å²) in [6.45, 7) is 7.20. The lowest BCUT2D eigenvalue weighted by molar-refractivity contribution is -0.684. The number of aryl methyl sites for hydroxylation is 3. The second-order valence-corrected chi connectivity index (χ2v) is 5.68. The van der Waals surface area contributed by atoms with Gasteiger partial charge in [-0.05, 0) is 31.9 Å². The van der Waals surface area contributed by atoms with Gasteiger partial charge in [-0.2, -0.15) is 0 Å². The van der Waals surface area contributed by atoms with Crippen LogP contribution in [0.3, 0.4) is 0 Å². The van der Waals surface area contributed by atoms with Gasteiger partial charge in [0.2, 0.25) is 5.91 Å². The summed E-state index contributed by atoms with van der Waals surface area (Å²) in [6, 6.07) is 3.11. The minimum atomic E-state index is -1.21. The third-order valence-electron chi connectivity index (χ3n) is 3.55. The number of aliphatic carboxylic acids is 1. The summed E-state index contributed by atoms with van der Waals surface area (Å²) in [5, 5.41) is 15.6. The number of hydrogen-bond donors (Lipinski definition) is 3. The molecule has 1 aromatic carbocycles. The fraction of sp³-hybridized carbons (Fsp3) is 0.500. The number of rotatable bonds is 8. The zero-order valence-electron chi connectivity index (χ0n) is 13.6. The smallest absolute Gasteiger partial charge is 0.230 e. The summed E-state index contributed by atoms with van der Waals surface area (Å²) >= 11 is 0. The van der Waals surface area contributed by atoms with Crippen LogP contribution in [0.5, 0.6) is 0 Å². The second kappa shape index (κ2) is 8.51. The molecule has 0 aliphatic heterocycles. The van der Waals surface area contributed by atoms with Gasteiger partial charge in [0, 0.05) is 12.1 Å². The number of nitrogens with two attached hydrogens (primary N) is 1. The Bertz CT molecular complexity index is 520. The third-order valence-corrected chi connectivity index (χ3v) is 3.55. The molecule has 0 bridgehead atoms. The fourth-order valence-corrected chi connectivity index (χ4v) is 2.49. The molecule has 1 amide bonds. The van der Waals surface area contributed by atoms with Crippen LogP contribution in [0.25, 0.3) is 0 Å². The van der Waals surface area contributed by atoms with E-state index in [0.29, 0.717) is 6.54 Å². The Kier molecular flexibility index (Phi) is 7.01. The van der Waals surface area contributed by atoms with Gasteiger partial charge in [-0.25, -0.2) is 0 Å². The Morgan fingerprint density at radius 2 is 1.86 bits per heavy atom. The summed E-state index contributed by atoms with van der Waals surface area (Å²) in [6.07, 6.45) is 0.702. The van der Waals surface area contributed by atoms with Crippen molar-refractivity contribution >= 4 is 17.6 Å². The first-order chi connectivity index (χ1) is 10.3. The highest BCUT2D eigenvalue weighted by Crippen LogP contribution is 2.22. The number of benzene rings is 1. The van der Waals surface area contributed by atoms with Gasteiger partial charge in [-0.15, -0.1) is 0 Å². The van der Waals surface area contributed by atoms with Gasteiger partial charge in [0.15, 0.2) is 0 Å². The summed E-state index contributed by atoms with van der Waals surface area (Å²) in [5.41, 5.74) is 7.53. The first kappa shape index (κ1) is 18.1. The van der Waals surface area contributed by atoms with Crippen LogP contribution in [-0.4, -0.2) is 31.0 Å². The molecule has 0 aliphatic carbocycles. The number of carbonyl (C=O) groups excluding carboxylic acids is 2. The molecule has 0 saturated carbocycles. The molecule has 0 saturated heterocycles. The highest BCUT2D eigenvalue weighted by atomic mass is 16.4. The van der Waals surface area contributed by atoms with E-state index in [2.05, 4.69) is 11.1 Å². The average molecular weight is 308 g/mol. The minimum absolute atomic E-state index is 0.105. The molecule has 0 heterocycles. The summed E-state index contributed by atoms with van der Waals surface area (Å²) < 4.78 is 0. The van der Waals surface area contributed by atoms with Crippen molar-refractivity contribution in [3.63, 3.8) is 0 Å². The molecule has 0 aromatic heterocycles. The second-order valence-electron chi connectivity index (χ2n) is 5.68. The zero-order valence-corrected chi connectivity index (χ0v) is 13.6. The molecule has 1 aromatic rings.